The van der Waals surface area contributed by atoms with Crippen LogP contribution >= 0.6 is 35.0 Å². The minimum atomic E-state index is -0.220. The van der Waals surface area contributed by atoms with E-state index in [0.29, 0.717) is 27.0 Å². The topological polar surface area (TPSA) is 38.3 Å². The lowest BCUT2D eigenvalue weighted by molar-refractivity contribution is 0.102. The zero-order valence-electron chi connectivity index (χ0n) is 14.5. The maximum Gasteiger partial charge on any atom is 0.255 e. The monoisotopic (exact) mass is 417 g/mol. The molecule has 27 heavy (non-hydrogen) atoms. The van der Waals surface area contributed by atoms with Crippen LogP contribution in [-0.2, 0) is 5.75 Å². The van der Waals surface area contributed by atoms with Crippen molar-refractivity contribution in [2.24, 2.45) is 0 Å². The first-order chi connectivity index (χ1) is 13.1. The van der Waals surface area contributed by atoms with Crippen LogP contribution in [-0.4, -0.2) is 13.0 Å². The molecule has 1 amide bonds. The highest BCUT2D eigenvalue weighted by molar-refractivity contribution is 7.98. The van der Waals surface area contributed by atoms with Gasteiger partial charge in [-0.05, 0) is 48.5 Å². The number of hydrogen-bond acceptors (Lipinski definition) is 3. The summed E-state index contributed by atoms with van der Waals surface area (Å²) < 4.78 is 5.44. The van der Waals surface area contributed by atoms with E-state index in [4.69, 9.17) is 27.9 Å². The van der Waals surface area contributed by atoms with Crippen LogP contribution in [0.1, 0.15) is 15.9 Å². The first-order valence-electron chi connectivity index (χ1n) is 8.18. The van der Waals surface area contributed by atoms with E-state index in [-0.39, 0.29) is 5.91 Å². The highest BCUT2D eigenvalue weighted by Crippen LogP contribution is 2.29. The van der Waals surface area contributed by atoms with Gasteiger partial charge in [0, 0.05) is 27.5 Å². The molecule has 0 aromatic heterocycles. The van der Waals surface area contributed by atoms with E-state index in [1.54, 1.807) is 43.1 Å². The van der Waals surface area contributed by atoms with Gasteiger partial charge >= 0.3 is 0 Å². The predicted octanol–water partition coefficient (Wildman–Crippen LogP) is 6.55. The average Bonchev–Trinajstić information content (AvgIpc) is 2.69. The van der Waals surface area contributed by atoms with Crippen molar-refractivity contribution in [2.75, 3.05) is 12.4 Å². The van der Waals surface area contributed by atoms with Gasteiger partial charge in [0.2, 0.25) is 0 Å². The van der Waals surface area contributed by atoms with Crippen molar-refractivity contribution in [3.05, 3.63) is 87.9 Å². The van der Waals surface area contributed by atoms with Gasteiger partial charge in [-0.1, -0.05) is 41.4 Å². The second kappa shape index (κ2) is 9.18. The summed E-state index contributed by atoms with van der Waals surface area (Å²) in [5.74, 6) is 1.23. The molecule has 138 valence electrons. The number of hydrogen-bond donors (Lipinski definition) is 1. The van der Waals surface area contributed by atoms with E-state index >= 15 is 0 Å². The summed E-state index contributed by atoms with van der Waals surface area (Å²) in [6.45, 7) is 0. The van der Waals surface area contributed by atoms with Crippen LogP contribution in [0.4, 0.5) is 5.69 Å². The summed E-state index contributed by atoms with van der Waals surface area (Å²) in [7, 11) is 1.63. The normalized spacial score (nSPS) is 10.5. The van der Waals surface area contributed by atoms with E-state index in [0.717, 1.165) is 16.2 Å². The Labute approximate surface area is 172 Å². The Morgan fingerprint density at radius 2 is 1.78 bits per heavy atom. The molecule has 3 rings (SSSR count). The van der Waals surface area contributed by atoms with E-state index in [9.17, 15) is 4.79 Å². The molecule has 0 unspecified atom stereocenters. The third-order valence-electron chi connectivity index (χ3n) is 3.86. The number of carbonyl (C=O) groups is 1. The predicted molar refractivity (Wildman–Crippen MR) is 113 cm³/mol. The fraction of sp³-hybridized carbons (Fsp3) is 0.0952. The van der Waals surface area contributed by atoms with E-state index in [2.05, 4.69) is 17.4 Å². The lowest BCUT2D eigenvalue weighted by Gasteiger charge is -2.11. The Kier molecular flexibility index (Phi) is 6.67. The van der Waals surface area contributed by atoms with Crippen LogP contribution in [0.3, 0.4) is 0 Å². The standard InChI is InChI=1S/C21H17Cl2NO2S/c1-26-20-10-7-14(11-15(20)13-27-17-5-3-2-4-6-17)21(25)24-16-8-9-18(22)19(23)12-16/h2-12H,13H2,1H3,(H,24,25). The molecule has 0 aliphatic carbocycles. The Balaban J connectivity index is 1.76. The van der Waals surface area contributed by atoms with Crippen molar-refractivity contribution in [2.45, 2.75) is 10.6 Å². The Bertz CT molecular complexity index is 948. The Hall–Kier alpha value is -2.14. The summed E-state index contributed by atoms with van der Waals surface area (Å²) in [5.41, 5.74) is 2.09. The number of carbonyl (C=O) groups excluding carboxylic acids is 1. The lowest BCUT2D eigenvalue weighted by Crippen LogP contribution is -2.12. The largest absolute Gasteiger partial charge is 0.496 e. The maximum atomic E-state index is 12.6. The van der Waals surface area contributed by atoms with E-state index < -0.39 is 0 Å². The number of benzene rings is 3. The third-order valence-corrected chi connectivity index (χ3v) is 5.66. The molecular weight excluding hydrogens is 401 g/mol. The number of methoxy groups -OCH3 is 1. The van der Waals surface area contributed by atoms with Crippen LogP contribution in [0.15, 0.2) is 71.6 Å². The molecule has 0 heterocycles. The molecule has 0 saturated heterocycles. The van der Waals surface area contributed by atoms with Gasteiger partial charge < -0.3 is 10.1 Å². The minimum absolute atomic E-state index is 0.220. The minimum Gasteiger partial charge on any atom is -0.496 e. The van der Waals surface area contributed by atoms with Gasteiger partial charge in [0.25, 0.3) is 5.91 Å². The quantitative estimate of drug-likeness (QED) is 0.462. The number of anilines is 1. The number of amides is 1. The second-order valence-corrected chi connectivity index (χ2v) is 7.57. The molecular formula is C21H17Cl2NO2S. The number of ether oxygens (including phenoxy) is 1. The number of thioether (sulfide) groups is 1. The molecule has 3 aromatic carbocycles. The van der Waals surface area contributed by atoms with E-state index in [1.807, 2.05) is 30.3 Å². The van der Waals surface area contributed by atoms with Crippen molar-refractivity contribution < 1.29 is 9.53 Å². The number of halogens is 2. The first kappa shape index (κ1) is 19.6. The van der Waals surface area contributed by atoms with Gasteiger partial charge in [-0.25, -0.2) is 0 Å². The zero-order chi connectivity index (χ0) is 19.2. The molecule has 3 nitrogen and oxygen atoms in total. The summed E-state index contributed by atoms with van der Waals surface area (Å²) in [6.07, 6.45) is 0. The molecule has 0 atom stereocenters. The maximum absolute atomic E-state index is 12.6. The van der Waals surface area contributed by atoms with Crippen molar-refractivity contribution in [1.29, 1.82) is 0 Å². The van der Waals surface area contributed by atoms with Gasteiger partial charge in [-0.3, -0.25) is 4.79 Å². The highest BCUT2D eigenvalue weighted by Gasteiger charge is 2.12. The SMILES string of the molecule is COc1ccc(C(=O)Nc2ccc(Cl)c(Cl)c2)cc1CSc1ccccc1. The molecule has 1 N–H and O–H groups in total. The van der Waals surface area contributed by atoms with Gasteiger partial charge in [0.05, 0.1) is 17.2 Å². The van der Waals surface area contributed by atoms with Crippen LogP contribution in [0.25, 0.3) is 0 Å². The zero-order valence-corrected chi connectivity index (χ0v) is 16.9. The van der Waals surface area contributed by atoms with Crippen LogP contribution in [0.2, 0.25) is 10.0 Å². The summed E-state index contributed by atoms with van der Waals surface area (Å²) in [5, 5.41) is 3.67. The Morgan fingerprint density at radius 1 is 1.00 bits per heavy atom. The van der Waals surface area contributed by atoms with Crippen molar-refractivity contribution in [3.8, 4) is 5.75 Å². The van der Waals surface area contributed by atoms with E-state index in [1.165, 1.54) is 0 Å². The van der Waals surface area contributed by atoms with Gasteiger partial charge in [0.15, 0.2) is 0 Å². The summed E-state index contributed by atoms with van der Waals surface area (Å²) in [4.78, 5) is 13.8. The van der Waals surface area contributed by atoms with Crippen LogP contribution in [0.5, 0.6) is 5.75 Å². The molecule has 0 saturated carbocycles. The van der Waals surface area contributed by atoms with Gasteiger partial charge in [0.1, 0.15) is 5.75 Å². The van der Waals surface area contributed by atoms with Gasteiger partial charge in [-0.15, -0.1) is 11.8 Å². The van der Waals surface area contributed by atoms with Gasteiger partial charge in [-0.2, -0.15) is 0 Å². The smallest absolute Gasteiger partial charge is 0.255 e. The molecule has 0 spiro atoms. The van der Waals surface area contributed by atoms with Crippen LogP contribution < -0.4 is 10.1 Å². The van der Waals surface area contributed by atoms with Crippen molar-refractivity contribution in [3.63, 3.8) is 0 Å². The fourth-order valence-electron chi connectivity index (χ4n) is 2.49. The third kappa shape index (κ3) is 5.19. The lowest BCUT2D eigenvalue weighted by atomic mass is 10.1. The average molecular weight is 418 g/mol. The summed E-state index contributed by atoms with van der Waals surface area (Å²) >= 11 is 13.6. The number of rotatable bonds is 6. The second-order valence-electron chi connectivity index (χ2n) is 5.71. The molecule has 6 heteroatoms. The summed E-state index contributed by atoms with van der Waals surface area (Å²) in [6, 6.07) is 20.5. The molecule has 0 radical (unpaired) electrons. The first-order valence-corrected chi connectivity index (χ1v) is 9.92. The molecule has 0 bridgehead atoms. The number of nitrogens with one attached hydrogen (secondary N) is 1. The van der Waals surface area contributed by atoms with Crippen LogP contribution in [0, 0.1) is 0 Å². The molecule has 3 aromatic rings. The molecule has 0 aliphatic rings. The molecule has 0 fully saturated rings. The Morgan fingerprint density at radius 3 is 2.48 bits per heavy atom. The van der Waals surface area contributed by atoms with Crippen molar-refractivity contribution in [1.82, 2.24) is 0 Å². The molecule has 0 aliphatic heterocycles. The van der Waals surface area contributed by atoms with Crippen molar-refractivity contribution >= 4 is 46.6 Å². The highest BCUT2D eigenvalue weighted by atomic mass is 35.5. The fourth-order valence-corrected chi connectivity index (χ4v) is 3.68.